The van der Waals surface area contributed by atoms with E-state index in [4.69, 9.17) is 10.8 Å². The van der Waals surface area contributed by atoms with Gasteiger partial charge in [0.05, 0.1) is 5.92 Å². The number of rotatable bonds is 9. The Morgan fingerprint density at radius 1 is 1.47 bits per heavy atom. The molecular formula is C14H27NO2. The largest absolute Gasteiger partial charge is 0.481 e. The Hall–Kier alpha value is -0.570. The number of carboxylic acid groups (broad SMARTS) is 1. The molecule has 1 rings (SSSR count). The van der Waals surface area contributed by atoms with Gasteiger partial charge in [0.15, 0.2) is 0 Å². The number of hydrogen-bond acceptors (Lipinski definition) is 2. The molecule has 1 fully saturated rings. The lowest BCUT2D eigenvalue weighted by atomic mass is 9.80. The Labute approximate surface area is 105 Å². The van der Waals surface area contributed by atoms with Gasteiger partial charge in [-0.15, -0.1) is 0 Å². The van der Waals surface area contributed by atoms with Crippen molar-refractivity contribution < 1.29 is 9.90 Å². The number of hydrogen-bond donors (Lipinski definition) is 2. The van der Waals surface area contributed by atoms with Crippen molar-refractivity contribution in [1.82, 2.24) is 0 Å². The predicted octanol–water partition coefficient (Wildman–Crippen LogP) is 3.03. The molecule has 0 bridgehead atoms. The van der Waals surface area contributed by atoms with E-state index >= 15 is 0 Å². The second-order valence-electron chi connectivity index (χ2n) is 5.51. The summed E-state index contributed by atoms with van der Waals surface area (Å²) in [5.41, 5.74) is 5.50. The molecule has 1 saturated carbocycles. The molecule has 0 aliphatic heterocycles. The molecule has 0 radical (unpaired) electrons. The lowest BCUT2D eigenvalue weighted by molar-refractivity contribution is -0.142. The molecule has 2 atom stereocenters. The van der Waals surface area contributed by atoms with Crippen LogP contribution in [0.3, 0.4) is 0 Å². The van der Waals surface area contributed by atoms with Crippen molar-refractivity contribution in [2.45, 2.75) is 58.3 Å². The van der Waals surface area contributed by atoms with E-state index in [0.29, 0.717) is 5.92 Å². The lowest BCUT2D eigenvalue weighted by Gasteiger charge is -2.26. The molecule has 2 unspecified atom stereocenters. The van der Waals surface area contributed by atoms with Crippen LogP contribution in [0.25, 0.3) is 0 Å². The number of nitrogens with two attached hydrogens (primary N) is 1. The fraction of sp³-hybridized carbons (Fsp3) is 0.929. The minimum atomic E-state index is -0.732. The van der Waals surface area contributed by atoms with Crippen LogP contribution in [-0.4, -0.2) is 17.6 Å². The van der Waals surface area contributed by atoms with E-state index < -0.39 is 5.97 Å². The standard InChI is InChI=1S/C14H27NO2/c1-2-11(9-13(10-15)14(16)17)5-3-6-12-7-4-8-12/h11-13H,2-10,15H2,1H3,(H,16,17). The highest BCUT2D eigenvalue weighted by Crippen LogP contribution is 2.32. The van der Waals surface area contributed by atoms with Crippen molar-refractivity contribution >= 4 is 5.97 Å². The van der Waals surface area contributed by atoms with Gasteiger partial charge in [-0.2, -0.15) is 0 Å². The van der Waals surface area contributed by atoms with E-state index in [1.54, 1.807) is 0 Å². The molecule has 1 aliphatic rings. The summed E-state index contributed by atoms with van der Waals surface area (Å²) in [5.74, 6) is 0.436. The molecule has 3 heteroatoms. The Bertz CT molecular complexity index is 226. The summed E-state index contributed by atoms with van der Waals surface area (Å²) in [6.45, 7) is 2.43. The van der Waals surface area contributed by atoms with Crippen molar-refractivity contribution in [3.05, 3.63) is 0 Å². The molecule has 0 heterocycles. The first-order valence-electron chi connectivity index (χ1n) is 7.10. The molecular weight excluding hydrogens is 214 g/mol. The van der Waals surface area contributed by atoms with Gasteiger partial charge in [-0.25, -0.2) is 0 Å². The molecule has 0 spiro atoms. The van der Waals surface area contributed by atoms with Crippen LogP contribution in [-0.2, 0) is 4.79 Å². The fourth-order valence-electron chi connectivity index (χ4n) is 2.67. The van der Waals surface area contributed by atoms with Gasteiger partial charge in [0, 0.05) is 6.54 Å². The van der Waals surface area contributed by atoms with Crippen LogP contribution in [0, 0.1) is 17.8 Å². The highest BCUT2D eigenvalue weighted by molar-refractivity contribution is 5.70. The molecule has 0 aromatic carbocycles. The summed E-state index contributed by atoms with van der Waals surface area (Å²) in [7, 11) is 0. The highest BCUT2D eigenvalue weighted by Gasteiger charge is 2.21. The smallest absolute Gasteiger partial charge is 0.307 e. The van der Waals surface area contributed by atoms with Gasteiger partial charge in [-0.3, -0.25) is 4.79 Å². The van der Waals surface area contributed by atoms with E-state index in [-0.39, 0.29) is 12.5 Å². The summed E-state index contributed by atoms with van der Waals surface area (Å²) in [4.78, 5) is 10.9. The van der Waals surface area contributed by atoms with Crippen LogP contribution in [0.5, 0.6) is 0 Å². The average Bonchev–Trinajstić information content (AvgIpc) is 2.25. The molecule has 0 amide bonds. The number of carbonyl (C=O) groups is 1. The van der Waals surface area contributed by atoms with Crippen molar-refractivity contribution in [1.29, 1.82) is 0 Å². The summed E-state index contributed by atoms with van der Waals surface area (Å²) in [6, 6.07) is 0. The SMILES string of the molecule is CCC(CCCC1CCC1)CC(CN)C(=O)O. The molecule has 0 aromatic rings. The first-order chi connectivity index (χ1) is 8.17. The predicted molar refractivity (Wildman–Crippen MR) is 69.8 cm³/mol. The minimum Gasteiger partial charge on any atom is -0.481 e. The third kappa shape index (κ3) is 5.07. The summed E-state index contributed by atoms with van der Waals surface area (Å²) in [5, 5.41) is 9.00. The van der Waals surface area contributed by atoms with Crippen LogP contribution in [0.2, 0.25) is 0 Å². The third-order valence-corrected chi connectivity index (χ3v) is 4.28. The Kier molecular flexibility index (Phi) is 6.56. The monoisotopic (exact) mass is 241 g/mol. The molecule has 17 heavy (non-hydrogen) atoms. The zero-order valence-electron chi connectivity index (χ0n) is 11.0. The Balaban J connectivity index is 2.19. The zero-order valence-corrected chi connectivity index (χ0v) is 11.0. The summed E-state index contributed by atoms with van der Waals surface area (Å²) >= 11 is 0. The van der Waals surface area contributed by atoms with Gasteiger partial charge in [0.2, 0.25) is 0 Å². The Morgan fingerprint density at radius 3 is 2.59 bits per heavy atom. The maximum atomic E-state index is 10.9. The first kappa shape index (κ1) is 14.5. The van der Waals surface area contributed by atoms with E-state index in [0.717, 1.165) is 18.8 Å². The normalized spacial score (nSPS) is 19.6. The van der Waals surface area contributed by atoms with E-state index in [1.165, 1.54) is 38.5 Å². The fourth-order valence-corrected chi connectivity index (χ4v) is 2.67. The lowest BCUT2D eigenvalue weighted by Crippen LogP contribution is -2.25. The Morgan fingerprint density at radius 2 is 2.18 bits per heavy atom. The maximum absolute atomic E-state index is 10.9. The van der Waals surface area contributed by atoms with Gasteiger partial charge >= 0.3 is 5.97 Å². The van der Waals surface area contributed by atoms with Gasteiger partial charge in [-0.05, 0) is 18.3 Å². The van der Waals surface area contributed by atoms with Crippen molar-refractivity contribution in [3.8, 4) is 0 Å². The molecule has 100 valence electrons. The number of carboxylic acids is 1. The van der Waals surface area contributed by atoms with Crippen LogP contribution >= 0.6 is 0 Å². The van der Waals surface area contributed by atoms with Crippen molar-refractivity contribution in [2.75, 3.05) is 6.54 Å². The van der Waals surface area contributed by atoms with Crippen LogP contribution in [0.15, 0.2) is 0 Å². The second kappa shape index (κ2) is 7.70. The first-order valence-corrected chi connectivity index (χ1v) is 7.10. The van der Waals surface area contributed by atoms with E-state index in [2.05, 4.69) is 6.92 Å². The molecule has 3 N–H and O–H groups in total. The van der Waals surface area contributed by atoms with E-state index in [1.807, 2.05) is 0 Å². The van der Waals surface area contributed by atoms with Crippen molar-refractivity contribution in [3.63, 3.8) is 0 Å². The maximum Gasteiger partial charge on any atom is 0.307 e. The van der Waals surface area contributed by atoms with Gasteiger partial charge in [0.25, 0.3) is 0 Å². The second-order valence-corrected chi connectivity index (χ2v) is 5.51. The van der Waals surface area contributed by atoms with Gasteiger partial charge in [0.1, 0.15) is 0 Å². The average molecular weight is 241 g/mol. The number of aliphatic carboxylic acids is 1. The molecule has 1 aliphatic carbocycles. The topological polar surface area (TPSA) is 63.3 Å². The minimum absolute atomic E-state index is 0.272. The quantitative estimate of drug-likeness (QED) is 0.652. The van der Waals surface area contributed by atoms with Crippen LogP contribution in [0.4, 0.5) is 0 Å². The van der Waals surface area contributed by atoms with Crippen molar-refractivity contribution in [2.24, 2.45) is 23.5 Å². The molecule has 3 nitrogen and oxygen atoms in total. The molecule has 0 saturated heterocycles. The van der Waals surface area contributed by atoms with Gasteiger partial charge < -0.3 is 10.8 Å². The van der Waals surface area contributed by atoms with Crippen LogP contribution in [0.1, 0.15) is 58.3 Å². The van der Waals surface area contributed by atoms with Gasteiger partial charge in [-0.1, -0.05) is 51.9 Å². The highest BCUT2D eigenvalue weighted by atomic mass is 16.4. The third-order valence-electron chi connectivity index (χ3n) is 4.28. The summed E-state index contributed by atoms with van der Waals surface area (Å²) < 4.78 is 0. The van der Waals surface area contributed by atoms with Crippen LogP contribution < -0.4 is 5.73 Å². The van der Waals surface area contributed by atoms with E-state index in [9.17, 15) is 4.79 Å². The summed E-state index contributed by atoms with van der Waals surface area (Å²) in [6.07, 6.45) is 9.86. The zero-order chi connectivity index (χ0) is 12.7. The molecule has 0 aromatic heterocycles.